The molecule has 0 unspecified atom stereocenters. The summed E-state index contributed by atoms with van der Waals surface area (Å²) in [5.41, 5.74) is 1.06. The van der Waals surface area contributed by atoms with Crippen LogP contribution >= 0.6 is 0 Å². The van der Waals surface area contributed by atoms with E-state index in [1.54, 1.807) is 19.2 Å². The van der Waals surface area contributed by atoms with Gasteiger partial charge in [0, 0.05) is 51.1 Å². The number of piperazine rings is 1. The second-order valence-corrected chi connectivity index (χ2v) is 7.60. The number of methoxy groups -OCH3 is 1. The molecule has 10 heteroatoms. The van der Waals surface area contributed by atoms with Crippen molar-refractivity contribution in [3.05, 3.63) is 59.4 Å². The molecule has 176 valence electrons. The Hall–Kier alpha value is -3.50. The van der Waals surface area contributed by atoms with Gasteiger partial charge < -0.3 is 25.4 Å². The molecule has 0 aromatic heterocycles. The van der Waals surface area contributed by atoms with Gasteiger partial charge in [0.1, 0.15) is 5.82 Å². The monoisotopic (exact) mass is 458 g/mol. The van der Waals surface area contributed by atoms with Crippen LogP contribution in [0.3, 0.4) is 0 Å². The van der Waals surface area contributed by atoms with Crippen LogP contribution in [0.2, 0.25) is 0 Å². The molecular formula is C23H27FN4O5. The zero-order chi connectivity index (χ0) is 23.8. The molecule has 3 rings (SSSR count). The lowest BCUT2D eigenvalue weighted by Crippen LogP contribution is -2.49. The summed E-state index contributed by atoms with van der Waals surface area (Å²) in [6, 6.07) is 9.82. The van der Waals surface area contributed by atoms with Gasteiger partial charge in [-0.2, -0.15) is 0 Å². The van der Waals surface area contributed by atoms with Crippen molar-refractivity contribution in [2.45, 2.75) is 0 Å². The number of carboxylic acid groups (broad SMARTS) is 1. The highest BCUT2D eigenvalue weighted by molar-refractivity contribution is 6.08. The molecule has 33 heavy (non-hydrogen) atoms. The normalized spacial score (nSPS) is 14.1. The zero-order valence-electron chi connectivity index (χ0n) is 18.3. The van der Waals surface area contributed by atoms with Crippen LogP contribution < -0.4 is 15.5 Å². The van der Waals surface area contributed by atoms with E-state index in [1.165, 1.54) is 30.3 Å². The van der Waals surface area contributed by atoms with Crippen LogP contribution in [0.25, 0.3) is 0 Å². The number of aromatic carboxylic acids is 1. The molecule has 1 fully saturated rings. The third-order valence-electron chi connectivity index (χ3n) is 5.32. The molecule has 0 radical (unpaired) electrons. The van der Waals surface area contributed by atoms with E-state index in [1.807, 2.05) is 9.80 Å². The minimum atomic E-state index is -1.17. The predicted octanol–water partition coefficient (Wildman–Crippen LogP) is 1.66. The number of nitrogens with one attached hydrogen (secondary N) is 2. The van der Waals surface area contributed by atoms with Crippen molar-refractivity contribution in [2.24, 2.45) is 0 Å². The van der Waals surface area contributed by atoms with E-state index in [2.05, 4.69) is 10.6 Å². The van der Waals surface area contributed by atoms with Crippen LogP contribution in [-0.2, 0) is 9.53 Å². The molecule has 9 nitrogen and oxygen atoms in total. The Labute approximate surface area is 191 Å². The van der Waals surface area contributed by atoms with Gasteiger partial charge in [-0.3, -0.25) is 14.5 Å². The minimum Gasteiger partial charge on any atom is -0.478 e. The second-order valence-electron chi connectivity index (χ2n) is 7.60. The molecule has 0 spiro atoms. The number of hydrogen-bond donors (Lipinski definition) is 3. The summed E-state index contributed by atoms with van der Waals surface area (Å²) in [7, 11) is 1.58. The van der Waals surface area contributed by atoms with Crippen LogP contribution in [-0.4, -0.2) is 80.8 Å². The molecule has 1 heterocycles. The molecule has 2 amide bonds. The fourth-order valence-corrected chi connectivity index (χ4v) is 3.53. The Morgan fingerprint density at radius 1 is 1.06 bits per heavy atom. The summed E-state index contributed by atoms with van der Waals surface area (Å²) in [5, 5.41) is 15.0. The van der Waals surface area contributed by atoms with E-state index in [9.17, 15) is 23.9 Å². The number of amides is 2. The number of anilines is 2. The summed E-state index contributed by atoms with van der Waals surface area (Å²) in [6.45, 7) is 3.80. The summed E-state index contributed by atoms with van der Waals surface area (Å²) < 4.78 is 18.0. The van der Waals surface area contributed by atoms with E-state index < -0.39 is 17.7 Å². The Morgan fingerprint density at radius 3 is 2.39 bits per heavy atom. The highest BCUT2D eigenvalue weighted by atomic mass is 19.1. The van der Waals surface area contributed by atoms with E-state index in [0.717, 1.165) is 5.69 Å². The number of carbonyl (C=O) groups is 3. The van der Waals surface area contributed by atoms with Crippen LogP contribution in [0, 0.1) is 5.82 Å². The Morgan fingerprint density at radius 2 is 1.76 bits per heavy atom. The fraction of sp³-hybridized carbons (Fsp3) is 0.348. The largest absolute Gasteiger partial charge is 0.478 e. The third-order valence-corrected chi connectivity index (χ3v) is 5.32. The van der Waals surface area contributed by atoms with Crippen LogP contribution in [0.1, 0.15) is 20.7 Å². The average molecular weight is 458 g/mol. The van der Waals surface area contributed by atoms with E-state index in [4.69, 9.17) is 4.74 Å². The first-order valence-corrected chi connectivity index (χ1v) is 10.5. The highest BCUT2D eigenvalue weighted by Crippen LogP contribution is 2.25. The molecule has 0 saturated carbocycles. The van der Waals surface area contributed by atoms with Gasteiger partial charge in [0.25, 0.3) is 5.91 Å². The van der Waals surface area contributed by atoms with Gasteiger partial charge in [-0.25, -0.2) is 9.18 Å². The molecule has 0 aliphatic carbocycles. The van der Waals surface area contributed by atoms with E-state index >= 15 is 0 Å². The number of halogens is 1. The average Bonchev–Trinajstić information content (AvgIpc) is 2.80. The van der Waals surface area contributed by atoms with Crippen molar-refractivity contribution in [1.82, 2.24) is 10.2 Å². The van der Waals surface area contributed by atoms with Crippen molar-refractivity contribution in [1.29, 1.82) is 0 Å². The maximum absolute atomic E-state index is 13.1. The standard InChI is InChI=1S/C23H27FN4O5/c1-33-13-8-25-21(29)15-27-9-11-28(12-10-27)18-6-7-20(19(14-18)23(31)32)26-22(30)16-2-4-17(24)5-3-16/h2-7,14H,8-13,15H2,1H3,(H,25,29)(H,26,30)(H,31,32). The highest BCUT2D eigenvalue weighted by Gasteiger charge is 2.21. The van der Waals surface area contributed by atoms with Gasteiger partial charge in [0.05, 0.1) is 24.4 Å². The summed E-state index contributed by atoms with van der Waals surface area (Å²) in [6.07, 6.45) is 0. The van der Waals surface area contributed by atoms with Gasteiger partial charge in [-0.1, -0.05) is 0 Å². The van der Waals surface area contributed by atoms with E-state index in [0.29, 0.717) is 45.9 Å². The molecule has 0 bridgehead atoms. The first kappa shape index (κ1) is 24.1. The summed E-state index contributed by atoms with van der Waals surface area (Å²) in [5.74, 6) is -2.22. The number of carboxylic acids is 1. The molecular weight excluding hydrogens is 431 g/mol. The second kappa shape index (κ2) is 11.4. The smallest absolute Gasteiger partial charge is 0.337 e. The Balaban J connectivity index is 1.61. The minimum absolute atomic E-state index is 0.0390. The maximum Gasteiger partial charge on any atom is 0.337 e. The van der Waals surface area contributed by atoms with Gasteiger partial charge in [0.15, 0.2) is 0 Å². The number of nitrogens with zero attached hydrogens (tertiary/aromatic N) is 2. The molecule has 1 saturated heterocycles. The summed E-state index contributed by atoms with van der Waals surface area (Å²) >= 11 is 0. The Kier molecular flexibility index (Phi) is 8.34. The lowest BCUT2D eigenvalue weighted by atomic mass is 10.1. The van der Waals surface area contributed by atoms with Crippen molar-refractivity contribution < 1.29 is 28.6 Å². The van der Waals surface area contributed by atoms with Crippen molar-refractivity contribution in [3.63, 3.8) is 0 Å². The molecule has 3 N–H and O–H groups in total. The first-order valence-electron chi connectivity index (χ1n) is 10.5. The molecule has 0 atom stereocenters. The predicted molar refractivity (Wildman–Crippen MR) is 121 cm³/mol. The summed E-state index contributed by atoms with van der Waals surface area (Å²) in [4.78, 5) is 40.3. The van der Waals surface area contributed by atoms with Crippen molar-refractivity contribution in [2.75, 3.05) is 63.2 Å². The molecule has 2 aromatic carbocycles. The SMILES string of the molecule is COCCNC(=O)CN1CCN(c2ccc(NC(=O)c3ccc(F)cc3)c(C(=O)O)c2)CC1. The topological polar surface area (TPSA) is 111 Å². The van der Waals surface area contributed by atoms with Crippen molar-refractivity contribution in [3.8, 4) is 0 Å². The third kappa shape index (κ3) is 6.74. The van der Waals surface area contributed by atoms with Crippen LogP contribution in [0.4, 0.5) is 15.8 Å². The van der Waals surface area contributed by atoms with Crippen molar-refractivity contribution >= 4 is 29.2 Å². The number of carbonyl (C=O) groups excluding carboxylic acids is 2. The van der Waals surface area contributed by atoms with Gasteiger partial charge >= 0.3 is 5.97 Å². The lowest BCUT2D eigenvalue weighted by molar-refractivity contribution is -0.122. The lowest BCUT2D eigenvalue weighted by Gasteiger charge is -2.36. The fourth-order valence-electron chi connectivity index (χ4n) is 3.53. The first-order chi connectivity index (χ1) is 15.9. The van der Waals surface area contributed by atoms with Gasteiger partial charge in [0.2, 0.25) is 5.91 Å². The molecule has 1 aliphatic rings. The molecule has 1 aliphatic heterocycles. The number of ether oxygens (including phenoxy) is 1. The van der Waals surface area contributed by atoms with Crippen LogP contribution in [0.15, 0.2) is 42.5 Å². The Bertz CT molecular complexity index is 991. The van der Waals surface area contributed by atoms with Crippen LogP contribution in [0.5, 0.6) is 0 Å². The maximum atomic E-state index is 13.1. The quantitative estimate of drug-likeness (QED) is 0.490. The number of rotatable bonds is 9. The van der Waals surface area contributed by atoms with Gasteiger partial charge in [-0.05, 0) is 42.5 Å². The zero-order valence-corrected chi connectivity index (χ0v) is 18.3. The number of benzene rings is 2. The number of hydrogen-bond acceptors (Lipinski definition) is 6. The van der Waals surface area contributed by atoms with Gasteiger partial charge in [-0.15, -0.1) is 0 Å². The molecule has 2 aromatic rings. The van der Waals surface area contributed by atoms with E-state index in [-0.39, 0.29) is 22.7 Å².